The predicted molar refractivity (Wildman–Crippen MR) is 116 cm³/mol. The first-order valence-corrected chi connectivity index (χ1v) is 9.73. The fourth-order valence-electron chi connectivity index (χ4n) is 3.41. The van der Waals surface area contributed by atoms with Crippen molar-refractivity contribution >= 4 is 33.5 Å². The van der Waals surface area contributed by atoms with E-state index in [4.69, 9.17) is 0 Å². The number of nitrogens with zero attached hydrogens (tertiary/aromatic N) is 3. The lowest BCUT2D eigenvalue weighted by atomic mass is 10.0. The van der Waals surface area contributed by atoms with Crippen molar-refractivity contribution in [1.29, 1.82) is 0 Å². The van der Waals surface area contributed by atoms with Crippen LogP contribution in [0.4, 0.5) is 5.69 Å². The molecule has 0 unspecified atom stereocenters. The molecule has 0 atom stereocenters. The number of nitrogens with one attached hydrogen (secondary N) is 2. The van der Waals surface area contributed by atoms with Gasteiger partial charge in [-0.1, -0.05) is 19.9 Å². The van der Waals surface area contributed by atoms with E-state index < -0.39 is 17.2 Å². The molecule has 0 aliphatic rings. The van der Waals surface area contributed by atoms with Gasteiger partial charge in [0.2, 0.25) is 0 Å². The van der Waals surface area contributed by atoms with Gasteiger partial charge < -0.3 is 5.32 Å². The summed E-state index contributed by atoms with van der Waals surface area (Å²) >= 11 is 0. The summed E-state index contributed by atoms with van der Waals surface area (Å²) in [6, 6.07) is 10.7. The Morgan fingerprint density at radius 1 is 1.20 bits per heavy atom. The van der Waals surface area contributed by atoms with Crippen LogP contribution in [-0.2, 0) is 6.54 Å². The highest BCUT2D eigenvalue weighted by molar-refractivity contribution is 6.12. The van der Waals surface area contributed by atoms with Crippen molar-refractivity contribution in [1.82, 2.24) is 19.5 Å². The Bertz CT molecular complexity index is 1400. The van der Waals surface area contributed by atoms with E-state index in [0.29, 0.717) is 17.9 Å². The lowest BCUT2D eigenvalue weighted by Crippen LogP contribution is -2.32. The maximum absolute atomic E-state index is 13.2. The van der Waals surface area contributed by atoms with Crippen LogP contribution in [0.3, 0.4) is 0 Å². The van der Waals surface area contributed by atoms with Crippen LogP contribution in [0, 0.1) is 0 Å². The smallest absolute Gasteiger partial charge is 0.322 e. The molecule has 1 aromatic carbocycles. The van der Waals surface area contributed by atoms with Gasteiger partial charge in [0.25, 0.3) is 11.5 Å². The van der Waals surface area contributed by atoms with Crippen molar-refractivity contribution in [3.05, 3.63) is 74.7 Å². The van der Waals surface area contributed by atoms with E-state index in [1.54, 1.807) is 25.3 Å². The largest absolute Gasteiger partial charge is 0.329 e. The molecule has 0 saturated heterocycles. The number of hydrogen-bond acceptors (Lipinski definition) is 5. The van der Waals surface area contributed by atoms with Crippen LogP contribution in [0.5, 0.6) is 0 Å². The molecule has 8 heteroatoms. The Balaban J connectivity index is 1.88. The van der Waals surface area contributed by atoms with Crippen molar-refractivity contribution < 1.29 is 4.79 Å². The zero-order valence-electron chi connectivity index (χ0n) is 16.9. The monoisotopic (exact) mass is 403 g/mol. The molecule has 0 spiro atoms. The van der Waals surface area contributed by atoms with E-state index in [9.17, 15) is 14.4 Å². The first-order valence-electron chi connectivity index (χ1n) is 9.73. The lowest BCUT2D eigenvalue weighted by Gasteiger charge is -2.14. The van der Waals surface area contributed by atoms with E-state index in [0.717, 1.165) is 10.9 Å². The SMILES string of the molecule is CCn1c(=O)[nH]c(=O)c2c(C(=O)Nc3ccc4ncccc4c3)cc(C(C)C)nc21. The number of aromatic nitrogens is 4. The summed E-state index contributed by atoms with van der Waals surface area (Å²) in [6.45, 7) is 5.98. The summed E-state index contributed by atoms with van der Waals surface area (Å²) < 4.78 is 1.36. The molecule has 0 radical (unpaired) electrons. The van der Waals surface area contributed by atoms with Gasteiger partial charge in [-0.2, -0.15) is 0 Å². The lowest BCUT2D eigenvalue weighted by molar-refractivity contribution is 0.102. The number of fused-ring (bicyclic) bond motifs is 2. The zero-order chi connectivity index (χ0) is 21.4. The number of carbonyl (C=O) groups is 1. The third-order valence-electron chi connectivity index (χ3n) is 4.98. The summed E-state index contributed by atoms with van der Waals surface area (Å²) in [5.74, 6) is -0.438. The minimum Gasteiger partial charge on any atom is -0.322 e. The Hall–Kier alpha value is -3.81. The Morgan fingerprint density at radius 2 is 2.00 bits per heavy atom. The third kappa shape index (κ3) is 3.36. The van der Waals surface area contributed by atoms with Gasteiger partial charge in [0, 0.05) is 29.5 Å². The van der Waals surface area contributed by atoms with Gasteiger partial charge in [-0.15, -0.1) is 0 Å². The van der Waals surface area contributed by atoms with E-state index >= 15 is 0 Å². The number of benzene rings is 1. The highest BCUT2D eigenvalue weighted by Gasteiger charge is 2.20. The van der Waals surface area contributed by atoms with Crippen molar-refractivity contribution in [3.63, 3.8) is 0 Å². The number of amides is 1. The summed E-state index contributed by atoms with van der Waals surface area (Å²) in [5, 5.41) is 3.84. The van der Waals surface area contributed by atoms with Crippen molar-refractivity contribution in [2.24, 2.45) is 0 Å². The molecule has 1 amide bonds. The second kappa shape index (κ2) is 7.55. The van der Waals surface area contributed by atoms with Gasteiger partial charge in [0.15, 0.2) is 5.65 Å². The first-order chi connectivity index (χ1) is 14.4. The van der Waals surface area contributed by atoms with Crippen LogP contribution in [-0.4, -0.2) is 25.4 Å². The van der Waals surface area contributed by atoms with Crippen LogP contribution in [0.1, 0.15) is 42.7 Å². The van der Waals surface area contributed by atoms with Crippen LogP contribution < -0.4 is 16.6 Å². The number of aryl methyl sites for hydroxylation is 1. The highest BCUT2D eigenvalue weighted by Crippen LogP contribution is 2.22. The molecule has 8 nitrogen and oxygen atoms in total. The van der Waals surface area contributed by atoms with Crippen molar-refractivity contribution in [3.8, 4) is 0 Å². The number of carbonyl (C=O) groups excluding carboxylic acids is 1. The Labute approximate surface area is 171 Å². The van der Waals surface area contributed by atoms with E-state index in [2.05, 4.69) is 20.3 Å². The molecule has 3 heterocycles. The Kier molecular flexibility index (Phi) is 4.91. The number of rotatable bonds is 4. The molecule has 4 aromatic rings. The molecule has 0 saturated carbocycles. The average molecular weight is 403 g/mol. The highest BCUT2D eigenvalue weighted by atomic mass is 16.2. The summed E-state index contributed by atoms with van der Waals surface area (Å²) in [4.78, 5) is 49.1. The van der Waals surface area contributed by atoms with Gasteiger partial charge in [-0.3, -0.25) is 24.1 Å². The van der Waals surface area contributed by atoms with Crippen LogP contribution in [0.15, 0.2) is 52.2 Å². The first kappa shape index (κ1) is 19.5. The second-order valence-corrected chi connectivity index (χ2v) is 7.32. The normalized spacial score (nSPS) is 11.3. The van der Waals surface area contributed by atoms with Gasteiger partial charge >= 0.3 is 5.69 Å². The predicted octanol–water partition coefficient (Wildman–Crippen LogP) is 3.03. The molecule has 3 aromatic heterocycles. The van der Waals surface area contributed by atoms with Gasteiger partial charge in [-0.25, -0.2) is 9.78 Å². The van der Waals surface area contributed by atoms with Gasteiger partial charge in [-0.05, 0) is 43.2 Å². The second-order valence-electron chi connectivity index (χ2n) is 7.32. The topological polar surface area (TPSA) is 110 Å². The van der Waals surface area contributed by atoms with E-state index in [1.165, 1.54) is 4.57 Å². The van der Waals surface area contributed by atoms with Crippen molar-refractivity contribution in [2.75, 3.05) is 5.32 Å². The molecule has 152 valence electrons. The molecule has 0 aliphatic heterocycles. The number of hydrogen-bond donors (Lipinski definition) is 2. The number of aromatic amines is 1. The molecular weight excluding hydrogens is 382 g/mol. The number of H-pyrrole nitrogens is 1. The average Bonchev–Trinajstić information content (AvgIpc) is 2.73. The standard InChI is InChI=1S/C22H21N5O3/c1-4-27-19-18(21(29)26-22(27)30)15(11-17(25-19)12(2)3)20(28)24-14-7-8-16-13(10-14)6-5-9-23-16/h5-12H,4H2,1-3H3,(H,24,28)(H,26,29,30). The summed E-state index contributed by atoms with van der Waals surface area (Å²) in [6.07, 6.45) is 1.71. The zero-order valence-corrected chi connectivity index (χ0v) is 16.9. The summed E-state index contributed by atoms with van der Waals surface area (Å²) in [5.41, 5.74) is 1.24. The van der Waals surface area contributed by atoms with Crippen LogP contribution in [0.25, 0.3) is 21.9 Å². The van der Waals surface area contributed by atoms with Crippen LogP contribution >= 0.6 is 0 Å². The quantitative estimate of drug-likeness (QED) is 0.544. The van der Waals surface area contributed by atoms with Gasteiger partial charge in [0.1, 0.15) is 0 Å². The fraction of sp³-hybridized carbons (Fsp3) is 0.227. The molecular formula is C22H21N5O3. The maximum atomic E-state index is 13.2. The summed E-state index contributed by atoms with van der Waals surface area (Å²) in [7, 11) is 0. The number of anilines is 1. The van der Waals surface area contributed by atoms with Crippen LogP contribution in [0.2, 0.25) is 0 Å². The third-order valence-corrected chi connectivity index (χ3v) is 4.98. The molecule has 2 N–H and O–H groups in total. The van der Waals surface area contributed by atoms with Crippen molar-refractivity contribution in [2.45, 2.75) is 33.2 Å². The fourth-order valence-corrected chi connectivity index (χ4v) is 3.41. The maximum Gasteiger partial charge on any atom is 0.329 e. The molecule has 4 rings (SSSR count). The van der Waals surface area contributed by atoms with E-state index in [1.807, 2.05) is 38.1 Å². The number of pyridine rings is 2. The molecule has 0 aliphatic carbocycles. The van der Waals surface area contributed by atoms with Gasteiger partial charge in [0.05, 0.1) is 16.5 Å². The van der Waals surface area contributed by atoms with E-state index in [-0.39, 0.29) is 22.5 Å². The molecule has 0 fully saturated rings. The minimum absolute atomic E-state index is 0.00684. The molecule has 30 heavy (non-hydrogen) atoms. The molecule has 0 bridgehead atoms. The Morgan fingerprint density at radius 3 is 2.73 bits per heavy atom. The minimum atomic E-state index is -0.629.